The first-order chi connectivity index (χ1) is 9.91. The molecule has 1 aliphatic heterocycles. The molecule has 0 bridgehead atoms. The zero-order valence-corrected chi connectivity index (χ0v) is 12.8. The van der Waals surface area contributed by atoms with E-state index in [2.05, 4.69) is 25.8 Å². The van der Waals surface area contributed by atoms with E-state index < -0.39 is 0 Å². The van der Waals surface area contributed by atoms with Crippen LogP contribution in [-0.4, -0.2) is 35.6 Å². The van der Waals surface area contributed by atoms with E-state index in [0.717, 1.165) is 25.1 Å². The molecule has 3 rings (SSSR count). The van der Waals surface area contributed by atoms with Crippen LogP contribution in [0.5, 0.6) is 0 Å². The van der Waals surface area contributed by atoms with Crippen LogP contribution >= 0.6 is 0 Å². The van der Waals surface area contributed by atoms with Gasteiger partial charge in [0, 0.05) is 42.7 Å². The number of hydrogen-bond acceptors (Lipinski definition) is 4. The second-order valence-corrected chi connectivity index (χ2v) is 6.85. The summed E-state index contributed by atoms with van der Waals surface area (Å²) >= 11 is 0. The second-order valence-electron chi connectivity index (χ2n) is 6.85. The lowest BCUT2D eigenvalue weighted by Crippen LogP contribution is -2.65. The van der Waals surface area contributed by atoms with E-state index in [4.69, 9.17) is 4.74 Å². The topological polar surface area (TPSA) is 55.6 Å². The largest absolute Gasteiger partial charge is 0.377 e. The fourth-order valence-electron chi connectivity index (χ4n) is 4.35. The lowest BCUT2D eigenvalue weighted by molar-refractivity contribution is -0.384. The van der Waals surface area contributed by atoms with E-state index in [-0.39, 0.29) is 16.0 Å². The molecular formula is C16H22N2O3. The maximum atomic E-state index is 10.9. The number of nitro benzene ring substituents is 1. The minimum Gasteiger partial charge on any atom is -0.377 e. The molecule has 1 saturated heterocycles. The fraction of sp³-hybridized carbons (Fsp3) is 0.625. The van der Waals surface area contributed by atoms with E-state index >= 15 is 0 Å². The van der Waals surface area contributed by atoms with Crippen molar-refractivity contribution in [1.82, 2.24) is 4.90 Å². The summed E-state index contributed by atoms with van der Waals surface area (Å²) in [5.74, 6) is 0.601. The number of fused-ring (bicyclic) bond motifs is 1. The van der Waals surface area contributed by atoms with Crippen molar-refractivity contribution in [3.8, 4) is 0 Å². The van der Waals surface area contributed by atoms with Crippen LogP contribution in [0.2, 0.25) is 0 Å². The van der Waals surface area contributed by atoms with Gasteiger partial charge in [0.25, 0.3) is 5.69 Å². The smallest absolute Gasteiger partial charge is 0.269 e. The Hall–Kier alpha value is -1.46. The summed E-state index contributed by atoms with van der Waals surface area (Å²) in [7, 11) is 2.11. The lowest BCUT2D eigenvalue weighted by atomic mass is 9.57. The summed E-state index contributed by atoms with van der Waals surface area (Å²) in [6.45, 7) is 6.11. The minimum atomic E-state index is -0.336. The molecule has 1 aromatic carbocycles. The zero-order chi connectivity index (χ0) is 15.2. The van der Waals surface area contributed by atoms with E-state index in [1.54, 1.807) is 12.1 Å². The van der Waals surface area contributed by atoms with E-state index in [1.165, 1.54) is 6.07 Å². The maximum absolute atomic E-state index is 10.9. The number of hydrogen-bond donors (Lipinski definition) is 0. The van der Waals surface area contributed by atoms with Gasteiger partial charge in [0.15, 0.2) is 0 Å². The van der Waals surface area contributed by atoms with Crippen molar-refractivity contribution in [3.63, 3.8) is 0 Å². The number of rotatable bonds is 4. The standard InChI is InChI=1S/C16H22N2O3/c1-16(2)14(13-7-8-21-15(13)16)17(3)10-11-5-4-6-12(9-11)18(19)20/h4-6,9,13-15H,7-8,10H2,1-3H3/t13-,14-,15+/m1/s1. The second kappa shape index (κ2) is 5.07. The van der Waals surface area contributed by atoms with Crippen molar-refractivity contribution in [2.75, 3.05) is 13.7 Å². The number of nitrogens with zero attached hydrogens (tertiary/aromatic N) is 2. The van der Waals surface area contributed by atoms with E-state index in [1.807, 2.05) is 6.07 Å². The van der Waals surface area contributed by atoms with Crippen LogP contribution in [0.25, 0.3) is 0 Å². The molecule has 21 heavy (non-hydrogen) atoms. The van der Waals surface area contributed by atoms with Gasteiger partial charge in [-0.05, 0) is 19.0 Å². The Morgan fingerprint density at radius 1 is 1.48 bits per heavy atom. The summed E-state index contributed by atoms with van der Waals surface area (Å²) in [6.07, 6.45) is 1.49. The number of nitro groups is 1. The van der Waals surface area contributed by atoms with Crippen molar-refractivity contribution >= 4 is 5.69 Å². The summed E-state index contributed by atoms with van der Waals surface area (Å²) in [6, 6.07) is 7.40. The van der Waals surface area contributed by atoms with Crippen LogP contribution in [0.1, 0.15) is 25.8 Å². The van der Waals surface area contributed by atoms with Crippen molar-refractivity contribution in [2.45, 2.75) is 39.0 Å². The third kappa shape index (κ3) is 2.34. The first kappa shape index (κ1) is 14.5. The predicted molar refractivity (Wildman–Crippen MR) is 80.0 cm³/mol. The molecule has 1 aliphatic carbocycles. The first-order valence-electron chi connectivity index (χ1n) is 7.46. The predicted octanol–water partition coefficient (Wildman–Crippen LogP) is 2.84. The molecule has 2 aliphatic rings. The number of ether oxygens (including phenoxy) is 1. The van der Waals surface area contributed by atoms with Crippen molar-refractivity contribution in [2.24, 2.45) is 11.3 Å². The normalized spacial score (nSPS) is 30.0. The third-order valence-electron chi connectivity index (χ3n) is 5.07. The molecule has 3 atom stereocenters. The van der Waals surface area contributed by atoms with Crippen LogP contribution in [0.15, 0.2) is 24.3 Å². The molecule has 1 aromatic rings. The minimum absolute atomic E-state index is 0.149. The van der Waals surface area contributed by atoms with Crippen LogP contribution in [-0.2, 0) is 11.3 Å². The van der Waals surface area contributed by atoms with E-state index in [0.29, 0.717) is 18.1 Å². The molecule has 114 valence electrons. The van der Waals surface area contributed by atoms with Crippen LogP contribution in [0.3, 0.4) is 0 Å². The van der Waals surface area contributed by atoms with Crippen molar-refractivity contribution < 1.29 is 9.66 Å². The highest BCUT2D eigenvalue weighted by Crippen LogP contribution is 2.54. The molecule has 1 heterocycles. The summed E-state index contributed by atoms with van der Waals surface area (Å²) in [5, 5.41) is 10.9. The Bertz CT molecular complexity index is 558. The van der Waals surface area contributed by atoms with Gasteiger partial charge in [0.1, 0.15) is 0 Å². The number of benzene rings is 1. The third-order valence-corrected chi connectivity index (χ3v) is 5.07. The van der Waals surface area contributed by atoms with E-state index in [9.17, 15) is 10.1 Å². The maximum Gasteiger partial charge on any atom is 0.269 e. The first-order valence-corrected chi connectivity index (χ1v) is 7.46. The Morgan fingerprint density at radius 2 is 2.24 bits per heavy atom. The Morgan fingerprint density at radius 3 is 2.95 bits per heavy atom. The molecule has 0 N–H and O–H groups in total. The highest BCUT2D eigenvalue weighted by Gasteiger charge is 2.60. The van der Waals surface area contributed by atoms with Gasteiger partial charge in [-0.25, -0.2) is 0 Å². The Balaban J connectivity index is 1.73. The molecule has 1 saturated carbocycles. The summed E-state index contributed by atoms with van der Waals surface area (Å²) < 4.78 is 5.83. The molecule has 0 aromatic heterocycles. The van der Waals surface area contributed by atoms with Gasteiger partial charge < -0.3 is 4.74 Å². The molecule has 0 radical (unpaired) electrons. The van der Waals surface area contributed by atoms with Gasteiger partial charge in [-0.15, -0.1) is 0 Å². The molecule has 2 fully saturated rings. The zero-order valence-electron chi connectivity index (χ0n) is 12.8. The van der Waals surface area contributed by atoms with Crippen molar-refractivity contribution in [1.29, 1.82) is 0 Å². The monoisotopic (exact) mass is 290 g/mol. The summed E-state index contributed by atoms with van der Waals surface area (Å²) in [4.78, 5) is 12.9. The van der Waals surface area contributed by atoms with Crippen molar-refractivity contribution in [3.05, 3.63) is 39.9 Å². The average Bonchev–Trinajstić information content (AvgIpc) is 2.84. The van der Waals surface area contributed by atoms with Crippen LogP contribution < -0.4 is 0 Å². The quantitative estimate of drug-likeness (QED) is 0.632. The lowest BCUT2D eigenvalue weighted by Gasteiger charge is -2.58. The molecule has 0 amide bonds. The average molecular weight is 290 g/mol. The Kier molecular flexibility index (Phi) is 3.50. The Labute approximate surface area is 125 Å². The van der Waals surface area contributed by atoms with Crippen LogP contribution in [0, 0.1) is 21.4 Å². The fourth-order valence-corrected chi connectivity index (χ4v) is 4.35. The van der Waals surface area contributed by atoms with Gasteiger partial charge in [0.2, 0.25) is 0 Å². The highest BCUT2D eigenvalue weighted by atomic mass is 16.6. The highest BCUT2D eigenvalue weighted by molar-refractivity contribution is 5.34. The molecule has 5 heteroatoms. The van der Waals surface area contributed by atoms with Crippen LogP contribution in [0.4, 0.5) is 5.69 Å². The van der Waals surface area contributed by atoms with Gasteiger partial charge in [0.05, 0.1) is 11.0 Å². The SMILES string of the molecule is CN(Cc1cccc([N+](=O)[O-])c1)[C@@H]1[C@H]2CCO[C@@H]2C1(C)C. The van der Waals surface area contributed by atoms with Gasteiger partial charge >= 0.3 is 0 Å². The van der Waals surface area contributed by atoms with Gasteiger partial charge in [-0.1, -0.05) is 26.0 Å². The molecule has 0 spiro atoms. The molecular weight excluding hydrogens is 268 g/mol. The molecule has 5 nitrogen and oxygen atoms in total. The number of non-ortho nitro benzene ring substituents is 1. The molecule has 0 unspecified atom stereocenters. The summed E-state index contributed by atoms with van der Waals surface area (Å²) in [5.41, 5.74) is 1.30. The van der Waals surface area contributed by atoms with Gasteiger partial charge in [-0.2, -0.15) is 0 Å². The van der Waals surface area contributed by atoms with Gasteiger partial charge in [-0.3, -0.25) is 15.0 Å².